The molecule has 0 radical (unpaired) electrons. The molecule has 0 aromatic carbocycles. The van der Waals surface area contributed by atoms with Crippen LogP contribution in [-0.2, 0) is 4.74 Å². The van der Waals surface area contributed by atoms with Gasteiger partial charge in [0.2, 0.25) is 0 Å². The highest BCUT2D eigenvalue weighted by Gasteiger charge is 2.26. The zero-order chi connectivity index (χ0) is 12.7. The van der Waals surface area contributed by atoms with Crippen molar-refractivity contribution in [2.45, 2.75) is 25.7 Å². The summed E-state index contributed by atoms with van der Waals surface area (Å²) in [6, 6.07) is 1.87. The number of ether oxygens (including phenoxy) is 1. The van der Waals surface area contributed by atoms with Crippen molar-refractivity contribution in [1.82, 2.24) is 9.55 Å². The summed E-state index contributed by atoms with van der Waals surface area (Å²) in [7, 11) is 1.40. The number of rotatable bonds is 3. The predicted octanol–water partition coefficient (Wildman–Crippen LogP) is 2.91. The summed E-state index contributed by atoms with van der Waals surface area (Å²) in [4.78, 5) is 16.9. The topological polar surface area (TPSA) is 44.1 Å². The Kier molecular flexibility index (Phi) is 2.70. The lowest BCUT2D eigenvalue weighted by atomic mass is 10.3. The van der Waals surface area contributed by atoms with Gasteiger partial charge in [0.05, 0.1) is 18.4 Å². The number of nitrogens with zero attached hydrogens (tertiary/aromatic N) is 2. The van der Waals surface area contributed by atoms with Gasteiger partial charge in [0.25, 0.3) is 0 Å². The number of carbonyl (C=O) groups is 1. The monoisotopic (exact) mass is 262 g/mol. The van der Waals surface area contributed by atoms with Crippen LogP contribution in [0.5, 0.6) is 0 Å². The Morgan fingerprint density at radius 2 is 2.33 bits per heavy atom. The molecule has 0 bridgehead atoms. The van der Waals surface area contributed by atoms with Crippen molar-refractivity contribution in [3.05, 3.63) is 34.7 Å². The molecule has 2 heterocycles. The molecule has 1 aliphatic carbocycles. The van der Waals surface area contributed by atoms with Gasteiger partial charge in [-0.25, -0.2) is 9.78 Å². The van der Waals surface area contributed by atoms with Crippen LogP contribution in [0.1, 0.15) is 39.7 Å². The fraction of sp³-hybridized carbons (Fsp3) is 0.385. The maximum absolute atomic E-state index is 11.6. The van der Waals surface area contributed by atoms with E-state index in [9.17, 15) is 4.79 Å². The Morgan fingerprint density at radius 1 is 1.56 bits per heavy atom. The van der Waals surface area contributed by atoms with E-state index in [0.29, 0.717) is 11.5 Å². The number of imidazole rings is 1. The van der Waals surface area contributed by atoms with Crippen LogP contribution in [0.25, 0.3) is 5.00 Å². The first-order valence-corrected chi connectivity index (χ1v) is 6.73. The van der Waals surface area contributed by atoms with Crippen molar-refractivity contribution in [1.29, 1.82) is 0 Å². The summed E-state index contributed by atoms with van der Waals surface area (Å²) in [5, 5.41) is 1.01. The van der Waals surface area contributed by atoms with E-state index in [0.717, 1.165) is 15.6 Å². The van der Waals surface area contributed by atoms with E-state index in [-0.39, 0.29) is 5.97 Å². The first-order chi connectivity index (χ1) is 8.69. The van der Waals surface area contributed by atoms with Crippen LogP contribution >= 0.6 is 11.3 Å². The molecular weight excluding hydrogens is 248 g/mol. The molecule has 0 N–H and O–H groups in total. The van der Waals surface area contributed by atoms with E-state index in [2.05, 4.69) is 11.2 Å². The third kappa shape index (κ3) is 1.95. The number of esters is 1. The Bertz CT molecular complexity index is 596. The molecule has 3 rings (SSSR count). The molecular formula is C13H14N2O2S. The number of thiophene rings is 1. The lowest BCUT2D eigenvalue weighted by Gasteiger charge is -1.95. The molecule has 0 unspecified atom stereocenters. The van der Waals surface area contributed by atoms with Crippen LogP contribution in [0.4, 0.5) is 0 Å². The third-order valence-corrected chi connectivity index (χ3v) is 4.23. The molecule has 94 valence electrons. The smallest absolute Gasteiger partial charge is 0.339 e. The van der Waals surface area contributed by atoms with Crippen LogP contribution in [0.15, 0.2) is 18.6 Å². The molecule has 0 amide bonds. The minimum Gasteiger partial charge on any atom is -0.465 e. The molecule has 1 aliphatic rings. The maximum atomic E-state index is 11.6. The highest BCUT2D eigenvalue weighted by atomic mass is 32.1. The Morgan fingerprint density at radius 3 is 3.00 bits per heavy atom. The van der Waals surface area contributed by atoms with Gasteiger partial charge in [-0.15, -0.1) is 11.3 Å². The molecule has 1 fully saturated rings. The van der Waals surface area contributed by atoms with Gasteiger partial charge in [-0.3, -0.25) is 4.57 Å². The highest BCUT2D eigenvalue weighted by Crippen LogP contribution is 2.39. The van der Waals surface area contributed by atoms with E-state index in [1.165, 1.54) is 20.0 Å². The molecule has 0 aliphatic heterocycles. The molecule has 4 nitrogen and oxygen atoms in total. The fourth-order valence-corrected chi connectivity index (χ4v) is 2.90. The molecule has 2 aromatic heterocycles. The first-order valence-electron chi connectivity index (χ1n) is 5.92. The number of methoxy groups -OCH3 is 1. The lowest BCUT2D eigenvalue weighted by Crippen LogP contribution is -2.00. The summed E-state index contributed by atoms with van der Waals surface area (Å²) in [5.41, 5.74) is 1.79. The molecule has 1 saturated carbocycles. The molecule has 5 heteroatoms. The van der Waals surface area contributed by atoms with Gasteiger partial charge in [-0.1, -0.05) is 0 Å². The standard InChI is InChI=1S/C13H14N2O2S/c1-8-10(13(16)17-2)5-12(18-8)15-6-11(14-7-15)9-3-4-9/h5-7,9H,3-4H2,1-2H3. The van der Waals surface area contributed by atoms with Crippen LogP contribution < -0.4 is 0 Å². The van der Waals surface area contributed by atoms with E-state index in [4.69, 9.17) is 4.74 Å². The second-order valence-corrected chi connectivity index (χ2v) is 5.76. The van der Waals surface area contributed by atoms with E-state index in [1.54, 1.807) is 11.3 Å². The average molecular weight is 262 g/mol. The minimum absolute atomic E-state index is 0.280. The largest absolute Gasteiger partial charge is 0.465 e. The number of aromatic nitrogens is 2. The van der Waals surface area contributed by atoms with Crippen molar-refractivity contribution >= 4 is 17.3 Å². The lowest BCUT2D eigenvalue weighted by molar-refractivity contribution is 0.0600. The summed E-state index contributed by atoms with van der Waals surface area (Å²) < 4.78 is 6.75. The SMILES string of the molecule is COC(=O)c1cc(-n2cnc(C3CC3)c2)sc1C. The van der Waals surface area contributed by atoms with Gasteiger partial charge < -0.3 is 4.74 Å². The molecule has 18 heavy (non-hydrogen) atoms. The molecule has 2 aromatic rings. The number of hydrogen-bond acceptors (Lipinski definition) is 4. The normalized spacial score (nSPS) is 14.8. The highest BCUT2D eigenvalue weighted by molar-refractivity contribution is 7.14. The van der Waals surface area contributed by atoms with Crippen LogP contribution in [-0.4, -0.2) is 22.6 Å². The van der Waals surface area contributed by atoms with Gasteiger partial charge in [0.15, 0.2) is 0 Å². The zero-order valence-corrected chi connectivity index (χ0v) is 11.2. The Labute approximate surface area is 109 Å². The van der Waals surface area contributed by atoms with Gasteiger partial charge >= 0.3 is 5.97 Å². The number of aryl methyl sites for hydroxylation is 1. The predicted molar refractivity (Wildman–Crippen MR) is 69.5 cm³/mol. The van der Waals surface area contributed by atoms with Crippen molar-refractivity contribution < 1.29 is 9.53 Å². The van der Waals surface area contributed by atoms with Crippen molar-refractivity contribution in [2.24, 2.45) is 0 Å². The van der Waals surface area contributed by atoms with Gasteiger partial charge in [0.1, 0.15) is 11.3 Å². The number of hydrogen-bond donors (Lipinski definition) is 0. The van der Waals surface area contributed by atoms with Gasteiger partial charge in [-0.05, 0) is 25.8 Å². The molecule has 0 spiro atoms. The van der Waals surface area contributed by atoms with Crippen molar-refractivity contribution in [3.8, 4) is 5.00 Å². The van der Waals surface area contributed by atoms with Crippen molar-refractivity contribution in [2.75, 3.05) is 7.11 Å². The van der Waals surface area contributed by atoms with Crippen LogP contribution in [0.2, 0.25) is 0 Å². The summed E-state index contributed by atoms with van der Waals surface area (Å²) in [6.45, 7) is 1.93. The van der Waals surface area contributed by atoms with E-state index >= 15 is 0 Å². The Balaban J connectivity index is 1.93. The van der Waals surface area contributed by atoms with Crippen molar-refractivity contribution in [3.63, 3.8) is 0 Å². The minimum atomic E-state index is -0.280. The first kappa shape index (κ1) is 11.5. The summed E-state index contributed by atoms with van der Waals surface area (Å²) in [5.74, 6) is 0.366. The second-order valence-electron chi connectivity index (χ2n) is 4.53. The van der Waals surface area contributed by atoms with E-state index < -0.39 is 0 Å². The summed E-state index contributed by atoms with van der Waals surface area (Å²) >= 11 is 1.58. The second kappa shape index (κ2) is 4.24. The van der Waals surface area contributed by atoms with Gasteiger partial charge in [0, 0.05) is 17.0 Å². The quantitative estimate of drug-likeness (QED) is 0.799. The molecule has 0 atom stereocenters. The van der Waals surface area contributed by atoms with E-state index in [1.807, 2.05) is 23.9 Å². The number of carbonyl (C=O) groups excluding carboxylic acids is 1. The average Bonchev–Trinajstić information content (AvgIpc) is 2.97. The fourth-order valence-electron chi connectivity index (χ4n) is 1.95. The third-order valence-electron chi connectivity index (χ3n) is 3.16. The maximum Gasteiger partial charge on any atom is 0.339 e. The molecule has 0 saturated heterocycles. The van der Waals surface area contributed by atoms with Crippen LogP contribution in [0, 0.1) is 6.92 Å². The van der Waals surface area contributed by atoms with Crippen LogP contribution in [0.3, 0.4) is 0 Å². The zero-order valence-electron chi connectivity index (χ0n) is 10.3. The summed E-state index contributed by atoms with van der Waals surface area (Å²) in [6.07, 6.45) is 6.37. The van der Waals surface area contributed by atoms with Gasteiger partial charge in [-0.2, -0.15) is 0 Å². The Hall–Kier alpha value is -1.62.